The fourth-order valence-electron chi connectivity index (χ4n) is 3.86. The Balaban J connectivity index is 3.67. The first kappa shape index (κ1) is 26.1. The van der Waals surface area contributed by atoms with Crippen LogP contribution in [0.3, 0.4) is 0 Å². The first-order valence-electron chi connectivity index (χ1n) is 11.1. The SMILES string of the molecule is CCCCCCCCCCCCCCCC(CCN)[Si](OC)(OC)OC. The number of rotatable bonds is 20. The Morgan fingerprint density at radius 3 is 1.35 bits per heavy atom. The fraction of sp³-hybridized carbons (Fsp3) is 1.00. The van der Waals surface area contributed by atoms with Gasteiger partial charge in [-0.25, -0.2) is 0 Å². The van der Waals surface area contributed by atoms with Gasteiger partial charge in [0.05, 0.1) is 0 Å². The molecule has 0 radical (unpaired) electrons. The Hall–Kier alpha value is 0.0569. The van der Waals surface area contributed by atoms with Gasteiger partial charge in [0.15, 0.2) is 0 Å². The van der Waals surface area contributed by atoms with Gasteiger partial charge in [0.1, 0.15) is 0 Å². The maximum atomic E-state index is 5.79. The van der Waals surface area contributed by atoms with Crippen LogP contribution in [0.1, 0.15) is 103 Å². The second kappa shape index (κ2) is 18.4. The summed E-state index contributed by atoms with van der Waals surface area (Å²) in [4.78, 5) is 0. The third-order valence-corrected chi connectivity index (χ3v) is 8.81. The molecule has 0 amide bonds. The minimum atomic E-state index is -2.55. The van der Waals surface area contributed by atoms with Gasteiger partial charge in [-0.15, -0.1) is 0 Å². The minimum Gasteiger partial charge on any atom is -0.377 e. The van der Waals surface area contributed by atoms with Crippen LogP contribution in [0.4, 0.5) is 0 Å². The third-order valence-electron chi connectivity index (χ3n) is 5.52. The highest BCUT2D eigenvalue weighted by atomic mass is 28.4. The molecule has 0 fully saturated rings. The van der Waals surface area contributed by atoms with Gasteiger partial charge in [-0.1, -0.05) is 90.4 Å². The van der Waals surface area contributed by atoms with Gasteiger partial charge in [-0.05, 0) is 19.4 Å². The molecule has 1 unspecified atom stereocenters. The summed E-state index contributed by atoms with van der Waals surface area (Å²) in [6, 6.07) is 0. The lowest BCUT2D eigenvalue weighted by atomic mass is 10.0. The van der Waals surface area contributed by atoms with Crippen molar-refractivity contribution in [1.29, 1.82) is 0 Å². The van der Waals surface area contributed by atoms with Crippen LogP contribution in [-0.2, 0) is 13.3 Å². The van der Waals surface area contributed by atoms with Gasteiger partial charge < -0.3 is 19.0 Å². The molecule has 0 saturated carbocycles. The zero-order valence-corrected chi connectivity index (χ0v) is 19.2. The first-order chi connectivity index (χ1) is 12.7. The Labute approximate surface area is 164 Å². The van der Waals surface area contributed by atoms with Gasteiger partial charge in [-0.3, -0.25) is 0 Å². The molecule has 4 nitrogen and oxygen atoms in total. The predicted octanol–water partition coefficient (Wildman–Crippen LogP) is 6.06. The molecule has 2 N–H and O–H groups in total. The van der Waals surface area contributed by atoms with E-state index in [9.17, 15) is 0 Å². The fourth-order valence-corrected chi connectivity index (χ4v) is 6.44. The van der Waals surface area contributed by atoms with Crippen molar-refractivity contribution in [3.8, 4) is 0 Å². The second-order valence-electron chi connectivity index (χ2n) is 7.52. The number of hydrogen-bond donors (Lipinski definition) is 1. The molecule has 0 aromatic heterocycles. The number of unbranched alkanes of at least 4 members (excludes halogenated alkanes) is 12. The predicted molar refractivity (Wildman–Crippen MR) is 115 cm³/mol. The molecular formula is C21H47NO3Si. The summed E-state index contributed by atoms with van der Waals surface area (Å²) in [5, 5.41) is 0. The Kier molecular flexibility index (Phi) is 18.5. The molecule has 0 aliphatic rings. The normalized spacial score (nSPS) is 13.3. The van der Waals surface area contributed by atoms with E-state index in [1.807, 2.05) is 0 Å². The molecule has 0 saturated heterocycles. The largest absolute Gasteiger partial charge is 0.503 e. The molecule has 5 heteroatoms. The van der Waals surface area contributed by atoms with Crippen molar-refractivity contribution < 1.29 is 13.3 Å². The van der Waals surface area contributed by atoms with Crippen LogP contribution >= 0.6 is 0 Å². The number of hydrogen-bond acceptors (Lipinski definition) is 4. The van der Waals surface area contributed by atoms with Gasteiger partial charge in [0, 0.05) is 26.9 Å². The summed E-state index contributed by atoms with van der Waals surface area (Å²) in [5.74, 6) is 0. The highest BCUT2D eigenvalue weighted by molar-refractivity contribution is 6.62. The van der Waals surface area contributed by atoms with Crippen molar-refractivity contribution in [3.05, 3.63) is 0 Å². The van der Waals surface area contributed by atoms with Crippen molar-refractivity contribution in [2.24, 2.45) is 5.73 Å². The lowest BCUT2D eigenvalue weighted by Gasteiger charge is -2.32. The highest BCUT2D eigenvalue weighted by Gasteiger charge is 2.46. The van der Waals surface area contributed by atoms with Crippen LogP contribution < -0.4 is 5.73 Å². The summed E-state index contributed by atoms with van der Waals surface area (Å²) in [6.07, 6.45) is 20.0. The molecular weight excluding hydrogens is 342 g/mol. The van der Waals surface area contributed by atoms with Crippen molar-refractivity contribution in [2.75, 3.05) is 27.9 Å². The van der Waals surface area contributed by atoms with E-state index in [1.54, 1.807) is 21.3 Å². The monoisotopic (exact) mass is 389 g/mol. The lowest BCUT2D eigenvalue weighted by Crippen LogP contribution is -2.48. The average Bonchev–Trinajstić information content (AvgIpc) is 2.67. The Morgan fingerprint density at radius 1 is 0.615 bits per heavy atom. The van der Waals surface area contributed by atoms with E-state index in [1.165, 1.54) is 83.5 Å². The Morgan fingerprint density at radius 2 is 1.00 bits per heavy atom. The maximum absolute atomic E-state index is 5.79. The molecule has 0 aromatic carbocycles. The zero-order valence-electron chi connectivity index (χ0n) is 18.2. The van der Waals surface area contributed by atoms with E-state index in [4.69, 9.17) is 19.0 Å². The third kappa shape index (κ3) is 11.7. The molecule has 0 heterocycles. The summed E-state index contributed by atoms with van der Waals surface area (Å²) in [5.41, 5.74) is 6.11. The van der Waals surface area contributed by atoms with Crippen molar-refractivity contribution >= 4 is 8.80 Å². The lowest BCUT2D eigenvalue weighted by molar-refractivity contribution is 0.108. The van der Waals surface area contributed by atoms with Crippen molar-refractivity contribution in [2.45, 2.75) is 109 Å². The first-order valence-corrected chi connectivity index (χ1v) is 12.9. The Bertz CT molecular complexity index is 280. The molecule has 0 spiro atoms. The minimum absolute atomic E-state index is 0.320. The molecule has 1 atom stereocenters. The van der Waals surface area contributed by atoms with E-state index in [-0.39, 0.29) is 0 Å². The van der Waals surface area contributed by atoms with E-state index in [0.29, 0.717) is 12.1 Å². The van der Waals surface area contributed by atoms with E-state index in [2.05, 4.69) is 6.92 Å². The molecule has 26 heavy (non-hydrogen) atoms. The second-order valence-corrected chi connectivity index (χ2v) is 10.8. The molecule has 0 aromatic rings. The van der Waals surface area contributed by atoms with Crippen molar-refractivity contribution in [1.82, 2.24) is 0 Å². The van der Waals surface area contributed by atoms with Gasteiger partial charge in [-0.2, -0.15) is 0 Å². The van der Waals surface area contributed by atoms with Crippen LogP contribution in [0.25, 0.3) is 0 Å². The van der Waals surface area contributed by atoms with E-state index in [0.717, 1.165) is 12.8 Å². The average molecular weight is 390 g/mol. The highest BCUT2D eigenvalue weighted by Crippen LogP contribution is 2.32. The van der Waals surface area contributed by atoms with Crippen molar-refractivity contribution in [3.63, 3.8) is 0 Å². The van der Waals surface area contributed by atoms with Gasteiger partial charge >= 0.3 is 8.80 Å². The zero-order chi connectivity index (χ0) is 19.5. The molecule has 158 valence electrons. The quantitative estimate of drug-likeness (QED) is 0.203. The van der Waals surface area contributed by atoms with Gasteiger partial charge in [0.2, 0.25) is 0 Å². The summed E-state index contributed by atoms with van der Waals surface area (Å²) < 4.78 is 17.0. The van der Waals surface area contributed by atoms with Gasteiger partial charge in [0.25, 0.3) is 0 Å². The molecule has 0 aliphatic heterocycles. The summed E-state index contributed by atoms with van der Waals surface area (Å²) >= 11 is 0. The van der Waals surface area contributed by atoms with Crippen LogP contribution in [0, 0.1) is 0 Å². The van der Waals surface area contributed by atoms with E-state index >= 15 is 0 Å². The number of nitrogens with two attached hydrogens (primary N) is 1. The molecule has 0 bridgehead atoms. The van der Waals surface area contributed by atoms with E-state index < -0.39 is 8.80 Å². The van der Waals surface area contributed by atoms with Crippen LogP contribution in [0.2, 0.25) is 5.54 Å². The summed E-state index contributed by atoms with van der Waals surface area (Å²) in [6.45, 7) is 2.94. The topological polar surface area (TPSA) is 53.7 Å². The smallest absolute Gasteiger partial charge is 0.377 e. The molecule has 0 aliphatic carbocycles. The molecule has 0 rings (SSSR count). The maximum Gasteiger partial charge on any atom is 0.503 e. The van der Waals surface area contributed by atoms with Crippen LogP contribution in [0.5, 0.6) is 0 Å². The standard InChI is InChI=1S/C21H47NO3Si/c1-5-6-7-8-9-10-11-12-13-14-15-16-17-18-21(19-20-22)26(23-2,24-3)25-4/h21H,5-20,22H2,1-4H3. The summed E-state index contributed by atoms with van der Waals surface area (Å²) in [7, 11) is 2.55. The van der Waals surface area contributed by atoms with Crippen LogP contribution in [-0.4, -0.2) is 36.7 Å². The van der Waals surface area contributed by atoms with Crippen LogP contribution in [0.15, 0.2) is 0 Å².